The molecular formula is C14H18O5. The van der Waals surface area contributed by atoms with Gasteiger partial charge in [0.1, 0.15) is 5.75 Å². The molecule has 1 rings (SSSR count). The van der Waals surface area contributed by atoms with Gasteiger partial charge in [0.25, 0.3) is 0 Å². The zero-order chi connectivity index (χ0) is 14.4. The largest absolute Gasteiger partial charge is 0.481 e. The van der Waals surface area contributed by atoms with E-state index >= 15 is 0 Å². The maximum Gasteiger partial charge on any atom is 0.347 e. The maximum absolute atomic E-state index is 11.5. The van der Waals surface area contributed by atoms with Crippen molar-refractivity contribution in [3.63, 3.8) is 0 Å². The lowest BCUT2D eigenvalue weighted by Crippen LogP contribution is -2.28. The summed E-state index contributed by atoms with van der Waals surface area (Å²) in [5.41, 5.74) is 0.678. The zero-order valence-corrected chi connectivity index (χ0v) is 11.3. The third kappa shape index (κ3) is 5.42. The first-order chi connectivity index (χ1) is 8.88. The van der Waals surface area contributed by atoms with Crippen LogP contribution in [0.4, 0.5) is 0 Å². The second kappa shape index (κ2) is 6.78. The summed E-state index contributed by atoms with van der Waals surface area (Å²) in [6.45, 7) is 5.15. The van der Waals surface area contributed by atoms with E-state index < -0.39 is 18.0 Å². The average molecular weight is 266 g/mol. The summed E-state index contributed by atoms with van der Waals surface area (Å²) in [6.07, 6.45) is -0.921. The first kappa shape index (κ1) is 15.0. The smallest absolute Gasteiger partial charge is 0.347 e. The van der Waals surface area contributed by atoms with E-state index in [1.54, 1.807) is 45.0 Å². The molecule has 0 aromatic heterocycles. The molecule has 0 aliphatic rings. The van der Waals surface area contributed by atoms with Gasteiger partial charge in [0.15, 0.2) is 6.10 Å². The first-order valence-electron chi connectivity index (χ1n) is 6.06. The van der Waals surface area contributed by atoms with Gasteiger partial charge in [0.05, 0.1) is 12.5 Å². The molecule has 0 spiro atoms. The van der Waals surface area contributed by atoms with E-state index in [4.69, 9.17) is 14.6 Å². The molecule has 19 heavy (non-hydrogen) atoms. The Hall–Kier alpha value is -2.04. The van der Waals surface area contributed by atoms with Crippen LogP contribution in [0.15, 0.2) is 24.3 Å². The normalized spacial score (nSPS) is 12.0. The highest BCUT2D eigenvalue weighted by molar-refractivity contribution is 5.74. The molecule has 5 nitrogen and oxygen atoms in total. The van der Waals surface area contributed by atoms with Crippen LogP contribution in [0.1, 0.15) is 26.3 Å². The Kier molecular flexibility index (Phi) is 5.36. The Morgan fingerprint density at radius 1 is 1.16 bits per heavy atom. The van der Waals surface area contributed by atoms with Gasteiger partial charge in [0.2, 0.25) is 0 Å². The number of carbonyl (C=O) groups is 2. The molecule has 1 aromatic rings. The fourth-order valence-corrected chi connectivity index (χ4v) is 1.44. The predicted molar refractivity (Wildman–Crippen MR) is 69.1 cm³/mol. The summed E-state index contributed by atoms with van der Waals surface area (Å²) in [5, 5.41) is 8.65. The van der Waals surface area contributed by atoms with Gasteiger partial charge in [-0.15, -0.1) is 0 Å². The first-order valence-corrected chi connectivity index (χ1v) is 6.06. The number of carboxylic acids is 1. The number of carbonyl (C=O) groups excluding carboxylic acids is 1. The molecule has 5 heteroatoms. The fraction of sp³-hybridized carbons (Fsp3) is 0.429. The van der Waals surface area contributed by atoms with E-state index in [0.29, 0.717) is 11.3 Å². The Morgan fingerprint density at radius 2 is 1.74 bits per heavy atom. The molecule has 1 unspecified atom stereocenters. The predicted octanol–water partition coefficient (Wildman–Crippen LogP) is 2.03. The molecule has 1 atom stereocenters. The van der Waals surface area contributed by atoms with Crippen LogP contribution in [-0.4, -0.2) is 29.3 Å². The molecule has 1 aromatic carbocycles. The number of hydrogen-bond donors (Lipinski definition) is 1. The van der Waals surface area contributed by atoms with Crippen LogP contribution < -0.4 is 4.74 Å². The topological polar surface area (TPSA) is 72.8 Å². The summed E-state index contributed by atoms with van der Waals surface area (Å²) in [6, 6.07) is 6.59. The third-order valence-electron chi connectivity index (χ3n) is 2.28. The van der Waals surface area contributed by atoms with Crippen LogP contribution >= 0.6 is 0 Å². The maximum atomic E-state index is 11.5. The summed E-state index contributed by atoms with van der Waals surface area (Å²) >= 11 is 0. The molecular weight excluding hydrogens is 248 g/mol. The van der Waals surface area contributed by atoms with Crippen LogP contribution in [-0.2, 0) is 20.7 Å². The molecule has 0 saturated carbocycles. The molecule has 0 bridgehead atoms. The molecule has 0 fully saturated rings. The van der Waals surface area contributed by atoms with Crippen LogP contribution in [0.2, 0.25) is 0 Å². The molecule has 0 aliphatic carbocycles. The van der Waals surface area contributed by atoms with E-state index in [-0.39, 0.29) is 12.5 Å². The third-order valence-corrected chi connectivity index (χ3v) is 2.28. The number of rotatable bonds is 6. The minimum absolute atomic E-state index is 0.0365. The molecule has 1 N–H and O–H groups in total. The number of ether oxygens (including phenoxy) is 2. The van der Waals surface area contributed by atoms with Gasteiger partial charge in [-0.2, -0.15) is 0 Å². The lowest BCUT2D eigenvalue weighted by atomic mass is 10.1. The average Bonchev–Trinajstić information content (AvgIpc) is 2.30. The van der Waals surface area contributed by atoms with Gasteiger partial charge in [-0.05, 0) is 38.5 Å². The highest BCUT2D eigenvalue weighted by Crippen LogP contribution is 2.15. The van der Waals surface area contributed by atoms with E-state index in [0.717, 1.165) is 0 Å². The molecule has 0 radical (unpaired) electrons. The Balaban J connectivity index is 2.57. The van der Waals surface area contributed by atoms with Crippen LogP contribution in [0, 0.1) is 0 Å². The highest BCUT2D eigenvalue weighted by Gasteiger charge is 2.17. The van der Waals surface area contributed by atoms with Crippen molar-refractivity contribution in [3.8, 4) is 5.75 Å². The number of aliphatic carboxylic acids is 1. The summed E-state index contributed by atoms with van der Waals surface area (Å²) in [7, 11) is 0. The standard InChI is InChI=1S/C14H18O5/c1-9(2)18-14(17)10(3)19-12-6-4-11(5-7-12)8-13(15)16/h4-7,9-10H,8H2,1-3H3,(H,15,16). The number of esters is 1. The zero-order valence-electron chi connectivity index (χ0n) is 11.3. The second-order valence-electron chi connectivity index (χ2n) is 4.46. The van der Waals surface area contributed by atoms with Crippen molar-refractivity contribution < 1.29 is 24.2 Å². The lowest BCUT2D eigenvalue weighted by molar-refractivity contribution is -0.154. The van der Waals surface area contributed by atoms with Crippen molar-refractivity contribution in [2.75, 3.05) is 0 Å². The number of benzene rings is 1. The van der Waals surface area contributed by atoms with Crippen molar-refractivity contribution >= 4 is 11.9 Å². The Bertz CT molecular complexity index is 436. The molecule has 0 aliphatic heterocycles. The van der Waals surface area contributed by atoms with Crippen molar-refractivity contribution in [1.82, 2.24) is 0 Å². The number of hydrogen-bond acceptors (Lipinski definition) is 4. The molecule has 104 valence electrons. The van der Waals surface area contributed by atoms with E-state index in [2.05, 4.69) is 0 Å². The minimum Gasteiger partial charge on any atom is -0.481 e. The minimum atomic E-state index is -0.887. The molecule has 0 saturated heterocycles. The van der Waals surface area contributed by atoms with Crippen LogP contribution in [0.25, 0.3) is 0 Å². The van der Waals surface area contributed by atoms with E-state index in [1.165, 1.54) is 0 Å². The lowest BCUT2D eigenvalue weighted by Gasteiger charge is -2.15. The quantitative estimate of drug-likeness (QED) is 0.797. The van der Waals surface area contributed by atoms with Crippen LogP contribution in [0.5, 0.6) is 5.75 Å². The summed E-state index contributed by atoms with van der Waals surface area (Å²) < 4.78 is 10.4. The van der Waals surface area contributed by atoms with Crippen molar-refractivity contribution in [1.29, 1.82) is 0 Å². The van der Waals surface area contributed by atoms with Crippen molar-refractivity contribution in [2.45, 2.75) is 39.4 Å². The van der Waals surface area contributed by atoms with Gasteiger partial charge in [-0.1, -0.05) is 12.1 Å². The molecule has 0 amide bonds. The second-order valence-corrected chi connectivity index (χ2v) is 4.46. The van der Waals surface area contributed by atoms with Gasteiger partial charge in [0, 0.05) is 0 Å². The van der Waals surface area contributed by atoms with E-state index in [1.807, 2.05) is 0 Å². The Labute approximate surface area is 112 Å². The molecule has 0 heterocycles. The van der Waals surface area contributed by atoms with Crippen molar-refractivity contribution in [2.24, 2.45) is 0 Å². The monoisotopic (exact) mass is 266 g/mol. The Morgan fingerprint density at radius 3 is 2.21 bits per heavy atom. The van der Waals surface area contributed by atoms with Gasteiger partial charge in [-0.3, -0.25) is 4.79 Å². The van der Waals surface area contributed by atoms with Crippen molar-refractivity contribution in [3.05, 3.63) is 29.8 Å². The SMILES string of the molecule is CC(C)OC(=O)C(C)Oc1ccc(CC(=O)O)cc1. The number of carboxylic acid groups (broad SMARTS) is 1. The highest BCUT2D eigenvalue weighted by atomic mass is 16.6. The summed E-state index contributed by atoms with van der Waals surface area (Å²) in [5.74, 6) is -0.811. The van der Waals surface area contributed by atoms with Gasteiger partial charge in [-0.25, -0.2) is 4.79 Å². The van der Waals surface area contributed by atoms with E-state index in [9.17, 15) is 9.59 Å². The van der Waals surface area contributed by atoms with Crippen LogP contribution in [0.3, 0.4) is 0 Å². The van der Waals surface area contributed by atoms with Gasteiger partial charge >= 0.3 is 11.9 Å². The van der Waals surface area contributed by atoms with Gasteiger partial charge < -0.3 is 14.6 Å². The fourth-order valence-electron chi connectivity index (χ4n) is 1.44. The summed E-state index contributed by atoms with van der Waals surface area (Å²) in [4.78, 5) is 22.1.